The molecular weight excluding hydrogens is 435 g/mol. The van der Waals surface area contributed by atoms with Gasteiger partial charge in [-0.2, -0.15) is 8.42 Å². The van der Waals surface area contributed by atoms with E-state index < -0.39 is 10.1 Å². The standard InChI is InChI=1S/C11H14OS.C8H17FO3S.C5H10/c12-7-5-10-6-8-13-11(10)9-3-1-2-4-9;1-2-3-4-5-6-7-8-13(10,11)12-9;1-2-4-5-3-1/h6-9H,1-5H2;2-8H2,1H3;1-5H2. The van der Waals surface area contributed by atoms with Crippen LogP contribution in [0.25, 0.3) is 0 Å². The van der Waals surface area contributed by atoms with E-state index in [0.29, 0.717) is 12.8 Å². The lowest BCUT2D eigenvalue weighted by molar-refractivity contribution is -0.107. The summed E-state index contributed by atoms with van der Waals surface area (Å²) in [7, 11) is -3.88. The number of carbonyl (C=O) groups excluding carboxylic acids is 1. The molecule has 0 amide bonds. The van der Waals surface area contributed by atoms with Crippen molar-refractivity contribution in [2.45, 2.75) is 116 Å². The summed E-state index contributed by atoms with van der Waals surface area (Å²) in [5, 5.41) is 2.12. The van der Waals surface area contributed by atoms with Crippen LogP contribution in [0.15, 0.2) is 11.4 Å². The molecule has 1 heterocycles. The second-order valence-corrected chi connectivity index (χ2v) is 11.1. The van der Waals surface area contributed by atoms with Crippen LogP contribution in [-0.2, 0) is 25.7 Å². The summed E-state index contributed by atoms with van der Waals surface area (Å²) in [6.45, 7) is 2.11. The zero-order valence-electron chi connectivity index (χ0n) is 19.2. The zero-order chi connectivity index (χ0) is 22.8. The van der Waals surface area contributed by atoms with Crippen LogP contribution in [0, 0.1) is 0 Å². The number of aldehydes is 1. The van der Waals surface area contributed by atoms with Gasteiger partial charge in [-0.3, -0.25) is 0 Å². The SMILES string of the molecule is C1CCCC1.CCCCCCCCS(=O)(=O)OF.O=CCc1ccsc1C1CCCC1. The summed E-state index contributed by atoms with van der Waals surface area (Å²) in [6, 6.07) is 2.10. The van der Waals surface area contributed by atoms with Gasteiger partial charge in [0.2, 0.25) is 0 Å². The molecule has 0 bridgehead atoms. The topological polar surface area (TPSA) is 60.4 Å². The molecule has 2 aliphatic rings. The van der Waals surface area contributed by atoms with Crippen molar-refractivity contribution in [2.75, 3.05) is 5.75 Å². The molecule has 1 aromatic heterocycles. The lowest BCUT2D eigenvalue weighted by atomic mass is 10.0. The highest BCUT2D eigenvalue weighted by molar-refractivity contribution is 7.86. The van der Waals surface area contributed by atoms with Gasteiger partial charge in [-0.1, -0.05) is 88.4 Å². The molecule has 180 valence electrons. The Kier molecular flexibility index (Phi) is 16.2. The van der Waals surface area contributed by atoms with Crippen LogP contribution in [0.5, 0.6) is 0 Å². The number of thiophene rings is 1. The van der Waals surface area contributed by atoms with E-state index in [9.17, 15) is 17.7 Å². The molecule has 0 atom stereocenters. The van der Waals surface area contributed by atoms with Gasteiger partial charge in [0.05, 0.1) is 5.75 Å². The summed E-state index contributed by atoms with van der Waals surface area (Å²) >= 11 is 1.83. The van der Waals surface area contributed by atoms with Crippen molar-refractivity contribution >= 4 is 27.7 Å². The average Bonchev–Trinajstić information content (AvgIpc) is 3.55. The van der Waals surface area contributed by atoms with Crippen molar-refractivity contribution in [3.8, 4) is 0 Å². The minimum Gasteiger partial charge on any atom is -0.303 e. The maximum Gasteiger partial charge on any atom is 0.297 e. The molecule has 0 saturated heterocycles. The van der Waals surface area contributed by atoms with Gasteiger partial charge in [0.1, 0.15) is 6.29 Å². The smallest absolute Gasteiger partial charge is 0.297 e. The van der Waals surface area contributed by atoms with Gasteiger partial charge in [0.15, 0.2) is 0 Å². The van der Waals surface area contributed by atoms with E-state index in [1.54, 1.807) is 0 Å². The molecule has 0 radical (unpaired) electrons. The van der Waals surface area contributed by atoms with Gasteiger partial charge in [-0.05, 0) is 46.7 Å². The van der Waals surface area contributed by atoms with Gasteiger partial charge in [0.25, 0.3) is 10.1 Å². The van der Waals surface area contributed by atoms with Crippen molar-refractivity contribution in [3.05, 3.63) is 21.9 Å². The molecule has 0 aromatic carbocycles. The highest BCUT2D eigenvalue weighted by atomic mass is 32.2. The van der Waals surface area contributed by atoms with Crippen LogP contribution in [0.3, 0.4) is 0 Å². The number of rotatable bonds is 11. The number of unbranched alkanes of at least 4 members (excludes halogenated alkanes) is 5. The molecule has 2 fully saturated rings. The van der Waals surface area contributed by atoms with E-state index in [-0.39, 0.29) is 5.75 Å². The Balaban J connectivity index is 0.000000254. The lowest BCUT2D eigenvalue weighted by Gasteiger charge is -2.07. The predicted molar refractivity (Wildman–Crippen MR) is 128 cm³/mol. The van der Waals surface area contributed by atoms with Crippen LogP contribution in [0.1, 0.15) is 120 Å². The van der Waals surface area contributed by atoms with Crippen LogP contribution in [0.4, 0.5) is 4.53 Å². The van der Waals surface area contributed by atoms with Crippen molar-refractivity contribution < 1.29 is 22.1 Å². The Labute approximate surface area is 193 Å². The van der Waals surface area contributed by atoms with Gasteiger partial charge in [-0.15, -0.1) is 11.3 Å². The first-order valence-electron chi connectivity index (χ1n) is 12.1. The molecule has 4 nitrogen and oxygen atoms in total. The van der Waals surface area contributed by atoms with E-state index in [1.165, 1.54) is 74.6 Å². The second kappa shape index (κ2) is 17.7. The molecule has 0 unspecified atom stereocenters. The van der Waals surface area contributed by atoms with Gasteiger partial charge < -0.3 is 4.79 Å². The quantitative estimate of drug-likeness (QED) is 0.243. The molecule has 2 saturated carbocycles. The first kappa shape index (κ1) is 28.2. The largest absolute Gasteiger partial charge is 0.303 e. The fourth-order valence-corrected chi connectivity index (χ4v) is 5.86. The zero-order valence-corrected chi connectivity index (χ0v) is 20.8. The Morgan fingerprint density at radius 2 is 1.58 bits per heavy atom. The monoisotopic (exact) mass is 476 g/mol. The molecule has 0 aliphatic heterocycles. The molecule has 0 N–H and O–H groups in total. The number of hydrogen-bond donors (Lipinski definition) is 0. The van der Waals surface area contributed by atoms with E-state index in [2.05, 4.69) is 22.8 Å². The molecule has 3 rings (SSSR count). The fraction of sp³-hybridized carbons (Fsp3) is 0.792. The van der Waals surface area contributed by atoms with E-state index in [0.717, 1.165) is 37.9 Å². The molecule has 2 aliphatic carbocycles. The Bertz CT molecular complexity index is 655. The number of hydrogen-bond acceptors (Lipinski definition) is 5. The second-order valence-electron chi connectivity index (χ2n) is 8.52. The number of halogens is 1. The third kappa shape index (κ3) is 13.4. The van der Waals surface area contributed by atoms with Crippen LogP contribution < -0.4 is 0 Å². The van der Waals surface area contributed by atoms with Crippen LogP contribution in [-0.4, -0.2) is 20.5 Å². The maximum absolute atomic E-state index is 11.3. The van der Waals surface area contributed by atoms with Crippen LogP contribution in [0.2, 0.25) is 0 Å². The minimum absolute atomic E-state index is 0.213. The predicted octanol–water partition coefficient (Wildman–Crippen LogP) is 7.68. The highest BCUT2D eigenvalue weighted by Crippen LogP contribution is 2.38. The third-order valence-electron chi connectivity index (χ3n) is 5.90. The molecule has 0 spiro atoms. The van der Waals surface area contributed by atoms with Crippen molar-refractivity contribution in [1.29, 1.82) is 0 Å². The van der Waals surface area contributed by atoms with Crippen LogP contribution >= 0.6 is 11.3 Å². The normalized spacial score (nSPS) is 16.3. The molecule has 7 heteroatoms. The van der Waals surface area contributed by atoms with Gasteiger partial charge >= 0.3 is 0 Å². The summed E-state index contributed by atoms with van der Waals surface area (Å²) in [6.07, 6.45) is 20.3. The first-order valence-corrected chi connectivity index (χ1v) is 14.5. The summed E-state index contributed by atoms with van der Waals surface area (Å²) in [4.78, 5) is 11.9. The van der Waals surface area contributed by atoms with Gasteiger partial charge in [0, 0.05) is 11.3 Å². The molecular formula is C24H41FO4S2. The average molecular weight is 477 g/mol. The van der Waals surface area contributed by atoms with E-state index in [1.807, 2.05) is 11.3 Å². The van der Waals surface area contributed by atoms with E-state index >= 15 is 0 Å². The highest BCUT2D eigenvalue weighted by Gasteiger charge is 2.20. The third-order valence-corrected chi connectivity index (χ3v) is 8.01. The molecule has 31 heavy (non-hydrogen) atoms. The Morgan fingerprint density at radius 1 is 1.00 bits per heavy atom. The van der Waals surface area contributed by atoms with E-state index in [4.69, 9.17) is 0 Å². The molecule has 1 aromatic rings. The summed E-state index contributed by atoms with van der Waals surface area (Å²) < 4.78 is 35.1. The maximum atomic E-state index is 11.3. The van der Waals surface area contributed by atoms with Crippen molar-refractivity contribution in [2.24, 2.45) is 0 Å². The fourth-order valence-electron chi connectivity index (χ4n) is 4.13. The summed E-state index contributed by atoms with van der Waals surface area (Å²) in [5.74, 6) is 0.547. The van der Waals surface area contributed by atoms with Crippen molar-refractivity contribution in [1.82, 2.24) is 0 Å². The Morgan fingerprint density at radius 3 is 2.13 bits per heavy atom. The lowest BCUT2D eigenvalue weighted by Crippen LogP contribution is -2.05. The van der Waals surface area contributed by atoms with Crippen molar-refractivity contribution in [3.63, 3.8) is 0 Å². The van der Waals surface area contributed by atoms with Gasteiger partial charge in [-0.25, -0.2) is 0 Å². The first-order chi connectivity index (χ1) is 15.0. The number of carbonyl (C=O) groups is 1. The minimum atomic E-state index is -3.88. The Hall–Kier alpha value is -0.790. The summed E-state index contributed by atoms with van der Waals surface area (Å²) in [5.41, 5.74) is 1.27.